The van der Waals surface area contributed by atoms with Gasteiger partial charge in [0.05, 0.1) is 0 Å². The first-order valence-electron chi connectivity index (χ1n) is 8.30. The van der Waals surface area contributed by atoms with Gasteiger partial charge in [-0.1, -0.05) is 18.2 Å². The summed E-state index contributed by atoms with van der Waals surface area (Å²) in [5, 5.41) is 4.47. The van der Waals surface area contributed by atoms with E-state index >= 15 is 0 Å². The number of rotatable bonds is 3. The van der Waals surface area contributed by atoms with Crippen molar-refractivity contribution in [1.82, 2.24) is 19.2 Å². The molecule has 0 unspecified atom stereocenters. The Kier molecular flexibility index (Phi) is 3.80. The van der Waals surface area contributed by atoms with Gasteiger partial charge < -0.3 is 9.30 Å². The first kappa shape index (κ1) is 16.1. The number of ether oxygens (including phenoxy) is 1. The molecule has 4 aromatic rings. The molecule has 0 amide bonds. The van der Waals surface area contributed by atoms with Crippen molar-refractivity contribution in [2.24, 2.45) is 7.05 Å². The van der Waals surface area contributed by atoms with Crippen LogP contribution in [0.4, 0.5) is 0 Å². The molecule has 0 spiro atoms. The van der Waals surface area contributed by atoms with Crippen molar-refractivity contribution in [3.63, 3.8) is 0 Å². The number of aryl methyl sites for hydroxylation is 3. The minimum absolute atomic E-state index is 0.0167. The maximum absolute atomic E-state index is 12.0. The standard InChI is InChI=1S/C20H18N4O2/c1-13-11-15(12-23(3)19(13)25)17-9-10-18-21-14(2)22-24(18)20(17)26-16-7-5-4-6-8-16/h4-12H,1-3H3. The van der Waals surface area contributed by atoms with Gasteiger partial charge >= 0.3 is 0 Å². The Morgan fingerprint density at radius 3 is 2.54 bits per heavy atom. The number of fused-ring (bicyclic) bond motifs is 1. The van der Waals surface area contributed by atoms with Gasteiger partial charge in [-0.25, -0.2) is 4.98 Å². The van der Waals surface area contributed by atoms with E-state index in [2.05, 4.69) is 10.1 Å². The zero-order valence-electron chi connectivity index (χ0n) is 14.8. The highest BCUT2D eigenvalue weighted by molar-refractivity contribution is 5.71. The first-order chi connectivity index (χ1) is 12.5. The molecule has 3 heterocycles. The molecule has 0 fully saturated rings. The second kappa shape index (κ2) is 6.15. The summed E-state index contributed by atoms with van der Waals surface area (Å²) in [6.07, 6.45) is 1.80. The van der Waals surface area contributed by atoms with Crippen molar-refractivity contribution >= 4 is 5.65 Å². The van der Waals surface area contributed by atoms with Crippen LogP contribution >= 0.6 is 0 Å². The van der Waals surface area contributed by atoms with Crippen LogP contribution in [0, 0.1) is 13.8 Å². The number of hydrogen-bond acceptors (Lipinski definition) is 4. The van der Waals surface area contributed by atoms with E-state index in [0.29, 0.717) is 28.7 Å². The van der Waals surface area contributed by atoms with Gasteiger partial charge in [0, 0.05) is 29.9 Å². The van der Waals surface area contributed by atoms with Crippen LogP contribution in [0.25, 0.3) is 16.8 Å². The maximum atomic E-state index is 12.0. The van der Waals surface area contributed by atoms with Gasteiger partial charge in [0.1, 0.15) is 11.6 Å². The number of para-hydroxylation sites is 1. The highest BCUT2D eigenvalue weighted by atomic mass is 16.5. The Labute approximate surface area is 150 Å². The Hall–Kier alpha value is -3.41. The third kappa shape index (κ3) is 2.75. The van der Waals surface area contributed by atoms with Gasteiger partial charge in [-0.3, -0.25) is 4.79 Å². The summed E-state index contributed by atoms with van der Waals surface area (Å²) in [7, 11) is 1.74. The SMILES string of the molecule is Cc1nc2ccc(-c3cc(C)c(=O)n(C)c3)c(Oc3ccccc3)n2n1. The second-order valence-corrected chi connectivity index (χ2v) is 6.22. The van der Waals surface area contributed by atoms with Crippen LogP contribution < -0.4 is 10.3 Å². The van der Waals surface area contributed by atoms with Crippen molar-refractivity contribution < 1.29 is 4.74 Å². The van der Waals surface area contributed by atoms with Crippen LogP contribution in [0.5, 0.6) is 11.6 Å². The Morgan fingerprint density at radius 1 is 1.04 bits per heavy atom. The van der Waals surface area contributed by atoms with E-state index in [1.54, 1.807) is 22.3 Å². The lowest BCUT2D eigenvalue weighted by Gasteiger charge is -2.13. The fraction of sp³-hybridized carbons (Fsp3) is 0.150. The molecule has 26 heavy (non-hydrogen) atoms. The number of hydrogen-bond donors (Lipinski definition) is 0. The zero-order valence-corrected chi connectivity index (χ0v) is 14.8. The van der Waals surface area contributed by atoms with E-state index in [9.17, 15) is 4.79 Å². The average molecular weight is 346 g/mol. The van der Waals surface area contributed by atoms with E-state index in [1.807, 2.05) is 62.4 Å². The van der Waals surface area contributed by atoms with Crippen molar-refractivity contribution in [2.75, 3.05) is 0 Å². The van der Waals surface area contributed by atoms with Gasteiger partial charge in [-0.05, 0) is 44.2 Å². The summed E-state index contributed by atoms with van der Waals surface area (Å²) in [5.74, 6) is 1.93. The molecule has 0 aliphatic rings. The summed E-state index contributed by atoms with van der Waals surface area (Å²) in [6.45, 7) is 3.65. The smallest absolute Gasteiger partial charge is 0.253 e. The Bertz CT molecular complexity index is 1130. The molecule has 0 aliphatic carbocycles. The lowest BCUT2D eigenvalue weighted by Crippen LogP contribution is -2.18. The zero-order chi connectivity index (χ0) is 18.3. The third-order valence-electron chi connectivity index (χ3n) is 4.19. The monoisotopic (exact) mass is 346 g/mol. The molecule has 0 bridgehead atoms. The van der Waals surface area contributed by atoms with E-state index in [-0.39, 0.29) is 5.56 Å². The van der Waals surface area contributed by atoms with Gasteiger partial charge in [0.15, 0.2) is 5.65 Å². The lowest BCUT2D eigenvalue weighted by atomic mass is 10.1. The van der Waals surface area contributed by atoms with Gasteiger partial charge in [-0.15, -0.1) is 5.10 Å². The van der Waals surface area contributed by atoms with E-state index in [1.165, 1.54) is 0 Å². The number of pyridine rings is 2. The molecule has 0 saturated heterocycles. The number of nitrogens with zero attached hydrogens (tertiary/aromatic N) is 4. The topological polar surface area (TPSA) is 61.4 Å². The van der Waals surface area contributed by atoms with E-state index in [4.69, 9.17) is 4.74 Å². The van der Waals surface area contributed by atoms with Crippen LogP contribution in [0.3, 0.4) is 0 Å². The molecule has 0 aliphatic heterocycles. The predicted molar refractivity (Wildman–Crippen MR) is 99.7 cm³/mol. The van der Waals surface area contributed by atoms with Crippen LogP contribution in [0.2, 0.25) is 0 Å². The van der Waals surface area contributed by atoms with Gasteiger partial charge in [-0.2, -0.15) is 4.52 Å². The highest BCUT2D eigenvalue weighted by Crippen LogP contribution is 2.33. The van der Waals surface area contributed by atoms with E-state index < -0.39 is 0 Å². The number of aromatic nitrogens is 4. The fourth-order valence-corrected chi connectivity index (χ4v) is 2.98. The molecule has 130 valence electrons. The van der Waals surface area contributed by atoms with Gasteiger partial charge in [0.25, 0.3) is 5.56 Å². The van der Waals surface area contributed by atoms with Crippen LogP contribution in [-0.2, 0) is 7.05 Å². The predicted octanol–water partition coefficient (Wildman–Crippen LogP) is 3.50. The van der Waals surface area contributed by atoms with Crippen molar-refractivity contribution in [3.05, 3.63) is 76.5 Å². The molecular weight excluding hydrogens is 328 g/mol. The molecule has 4 rings (SSSR count). The molecule has 1 aromatic carbocycles. The van der Waals surface area contributed by atoms with Crippen LogP contribution in [0.15, 0.2) is 59.5 Å². The average Bonchev–Trinajstić information content (AvgIpc) is 3.01. The van der Waals surface area contributed by atoms with Crippen molar-refractivity contribution in [3.8, 4) is 22.8 Å². The summed E-state index contributed by atoms with van der Waals surface area (Å²) in [6, 6.07) is 15.2. The largest absolute Gasteiger partial charge is 0.438 e. The summed E-state index contributed by atoms with van der Waals surface area (Å²) in [4.78, 5) is 16.5. The normalized spacial score (nSPS) is 11.0. The summed E-state index contributed by atoms with van der Waals surface area (Å²) in [5.41, 5.74) is 3.08. The van der Waals surface area contributed by atoms with E-state index in [0.717, 1.165) is 11.1 Å². The van der Waals surface area contributed by atoms with Crippen molar-refractivity contribution in [1.29, 1.82) is 0 Å². The third-order valence-corrected chi connectivity index (χ3v) is 4.19. The summed E-state index contributed by atoms with van der Waals surface area (Å²) >= 11 is 0. The summed E-state index contributed by atoms with van der Waals surface area (Å²) < 4.78 is 9.44. The second-order valence-electron chi connectivity index (χ2n) is 6.22. The maximum Gasteiger partial charge on any atom is 0.253 e. The van der Waals surface area contributed by atoms with Crippen molar-refractivity contribution in [2.45, 2.75) is 13.8 Å². The Balaban J connectivity index is 1.97. The molecule has 0 saturated carbocycles. The molecule has 6 nitrogen and oxygen atoms in total. The Morgan fingerprint density at radius 2 is 1.81 bits per heavy atom. The molecule has 6 heteroatoms. The number of benzene rings is 1. The van der Waals surface area contributed by atoms with Gasteiger partial charge in [0.2, 0.25) is 5.88 Å². The first-order valence-corrected chi connectivity index (χ1v) is 8.30. The fourth-order valence-electron chi connectivity index (χ4n) is 2.98. The van der Waals surface area contributed by atoms with Crippen LogP contribution in [0.1, 0.15) is 11.4 Å². The highest BCUT2D eigenvalue weighted by Gasteiger charge is 2.16. The molecule has 0 radical (unpaired) electrons. The molecule has 3 aromatic heterocycles. The van der Waals surface area contributed by atoms with Crippen LogP contribution in [-0.4, -0.2) is 19.2 Å². The molecule has 0 atom stereocenters. The minimum Gasteiger partial charge on any atom is -0.438 e. The minimum atomic E-state index is -0.0167. The molecule has 0 N–H and O–H groups in total. The molecular formula is C20H18N4O2. The quantitative estimate of drug-likeness (QED) is 0.570. The lowest BCUT2D eigenvalue weighted by molar-refractivity contribution is 0.449.